The van der Waals surface area contributed by atoms with E-state index >= 15 is 0 Å². The van der Waals surface area contributed by atoms with Crippen LogP contribution >= 0.6 is 11.6 Å². The number of fused-ring (bicyclic) bond motifs is 1. The number of H-pyrrole nitrogens is 1. The van der Waals surface area contributed by atoms with Crippen LogP contribution in [0.25, 0.3) is 22.0 Å². The first-order valence-electron chi connectivity index (χ1n) is 5.03. The van der Waals surface area contributed by atoms with Crippen molar-refractivity contribution in [1.82, 2.24) is 9.97 Å². The summed E-state index contributed by atoms with van der Waals surface area (Å²) in [4.78, 5) is 7.21. The molecule has 0 amide bonds. The van der Waals surface area contributed by atoms with Crippen molar-refractivity contribution in [2.24, 2.45) is 0 Å². The monoisotopic (exact) mass is 228 g/mol. The predicted octanol–water partition coefficient (Wildman–Crippen LogP) is 3.88. The summed E-state index contributed by atoms with van der Waals surface area (Å²) < 4.78 is 0. The molecule has 2 aromatic heterocycles. The Hall–Kier alpha value is -1.80. The van der Waals surface area contributed by atoms with E-state index in [1.54, 1.807) is 6.20 Å². The molecule has 0 unspecified atom stereocenters. The van der Waals surface area contributed by atoms with E-state index in [-0.39, 0.29) is 0 Å². The Morgan fingerprint density at radius 2 is 1.88 bits per heavy atom. The molecule has 0 aliphatic heterocycles. The normalized spacial score (nSPS) is 10.8. The van der Waals surface area contributed by atoms with Crippen LogP contribution in [-0.2, 0) is 0 Å². The molecule has 1 N–H and O–H groups in total. The number of benzene rings is 1. The van der Waals surface area contributed by atoms with E-state index in [2.05, 4.69) is 22.1 Å². The number of hydrogen-bond acceptors (Lipinski definition) is 1. The lowest BCUT2D eigenvalue weighted by Crippen LogP contribution is -1.77. The molecule has 0 atom stereocenters. The molecule has 3 aromatic rings. The first-order chi connectivity index (χ1) is 7.86. The minimum atomic E-state index is 0.514. The highest BCUT2D eigenvalue weighted by atomic mass is 35.5. The van der Waals surface area contributed by atoms with Gasteiger partial charge in [-0.15, -0.1) is 0 Å². The average molecular weight is 229 g/mol. The molecule has 2 nitrogen and oxygen atoms in total. The Kier molecular flexibility index (Phi) is 2.15. The largest absolute Gasteiger partial charge is 0.358 e. The summed E-state index contributed by atoms with van der Waals surface area (Å²) >= 11 is 6.02. The number of aromatic nitrogens is 2. The standard InChI is InChI=1S/C13H9ClN2/c14-13-12-10(6-7-15-13)11(8-16-12)9-4-2-1-3-5-9/h1-8,16H. The number of nitrogens with one attached hydrogen (secondary N) is 1. The molecule has 16 heavy (non-hydrogen) atoms. The van der Waals surface area contributed by atoms with Crippen molar-refractivity contribution in [2.45, 2.75) is 0 Å². The average Bonchev–Trinajstić information content (AvgIpc) is 2.75. The fraction of sp³-hybridized carbons (Fsp3) is 0. The molecule has 1 aromatic carbocycles. The number of nitrogens with zero attached hydrogens (tertiary/aromatic N) is 1. The van der Waals surface area contributed by atoms with Gasteiger partial charge in [0.2, 0.25) is 0 Å². The van der Waals surface area contributed by atoms with Gasteiger partial charge in [0.15, 0.2) is 5.15 Å². The lowest BCUT2D eigenvalue weighted by molar-refractivity contribution is 1.34. The van der Waals surface area contributed by atoms with Gasteiger partial charge in [0, 0.05) is 23.3 Å². The van der Waals surface area contributed by atoms with Crippen LogP contribution in [0.4, 0.5) is 0 Å². The molecule has 3 rings (SSSR count). The minimum absolute atomic E-state index is 0.514. The van der Waals surface area contributed by atoms with Crippen LogP contribution in [0.3, 0.4) is 0 Å². The van der Waals surface area contributed by atoms with E-state index in [1.165, 1.54) is 5.56 Å². The molecule has 0 radical (unpaired) electrons. The lowest BCUT2D eigenvalue weighted by atomic mass is 10.1. The van der Waals surface area contributed by atoms with E-state index in [4.69, 9.17) is 11.6 Å². The zero-order valence-electron chi connectivity index (χ0n) is 8.44. The van der Waals surface area contributed by atoms with E-state index in [0.717, 1.165) is 16.5 Å². The highest BCUT2D eigenvalue weighted by molar-refractivity contribution is 6.34. The van der Waals surface area contributed by atoms with Gasteiger partial charge in [-0.2, -0.15) is 0 Å². The first kappa shape index (κ1) is 9.43. The molecular weight excluding hydrogens is 220 g/mol. The van der Waals surface area contributed by atoms with Crippen molar-refractivity contribution in [1.29, 1.82) is 0 Å². The third-order valence-corrected chi connectivity index (χ3v) is 2.93. The Balaban J connectivity index is 2.30. The quantitative estimate of drug-likeness (QED) is 0.629. The SMILES string of the molecule is Clc1nccc2c(-c3ccccc3)c[nH]c12. The van der Waals surface area contributed by atoms with E-state index < -0.39 is 0 Å². The van der Waals surface area contributed by atoms with Crippen LogP contribution in [0.2, 0.25) is 5.15 Å². The summed E-state index contributed by atoms with van der Waals surface area (Å²) in [6.07, 6.45) is 3.69. The second-order valence-corrected chi connectivity index (χ2v) is 3.95. The first-order valence-corrected chi connectivity index (χ1v) is 5.41. The Bertz CT molecular complexity index is 629. The second-order valence-electron chi connectivity index (χ2n) is 3.59. The number of hydrogen-bond donors (Lipinski definition) is 1. The molecule has 78 valence electrons. The lowest BCUT2D eigenvalue weighted by Gasteiger charge is -1.98. The summed E-state index contributed by atoms with van der Waals surface area (Å²) in [5.41, 5.74) is 3.22. The smallest absolute Gasteiger partial charge is 0.153 e. The van der Waals surface area contributed by atoms with Crippen molar-refractivity contribution in [3.05, 3.63) is 53.9 Å². The molecule has 0 bridgehead atoms. The zero-order chi connectivity index (χ0) is 11.0. The molecule has 0 aliphatic carbocycles. The molecule has 0 fully saturated rings. The molecular formula is C13H9ClN2. The fourth-order valence-corrected chi connectivity index (χ4v) is 2.09. The molecule has 3 heteroatoms. The van der Waals surface area contributed by atoms with Crippen LogP contribution in [0, 0.1) is 0 Å². The molecule has 0 spiro atoms. The van der Waals surface area contributed by atoms with Gasteiger partial charge < -0.3 is 4.98 Å². The third-order valence-electron chi connectivity index (χ3n) is 2.64. The number of pyridine rings is 1. The van der Waals surface area contributed by atoms with Gasteiger partial charge in [-0.05, 0) is 11.6 Å². The zero-order valence-corrected chi connectivity index (χ0v) is 9.20. The van der Waals surface area contributed by atoms with Gasteiger partial charge in [-0.3, -0.25) is 0 Å². The van der Waals surface area contributed by atoms with Gasteiger partial charge in [-0.25, -0.2) is 4.98 Å². The molecule has 0 saturated carbocycles. The van der Waals surface area contributed by atoms with E-state index in [0.29, 0.717) is 5.15 Å². The van der Waals surface area contributed by atoms with E-state index in [9.17, 15) is 0 Å². The fourth-order valence-electron chi connectivity index (χ4n) is 1.88. The Labute approximate surface area is 97.9 Å². The van der Waals surface area contributed by atoms with E-state index in [1.807, 2.05) is 30.5 Å². The maximum Gasteiger partial charge on any atom is 0.153 e. The van der Waals surface area contributed by atoms with Crippen LogP contribution in [0.15, 0.2) is 48.8 Å². The third kappa shape index (κ3) is 1.39. The minimum Gasteiger partial charge on any atom is -0.358 e. The summed E-state index contributed by atoms with van der Waals surface area (Å²) in [5, 5.41) is 1.62. The summed E-state index contributed by atoms with van der Waals surface area (Å²) in [6.45, 7) is 0. The second kappa shape index (κ2) is 3.65. The van der Waals surface area contributed by atoms with Crippen LogP contribution < -0.4 is 0 Å². The predicted molar refractivity (Wildman–Crippen MR) is 66.5 cm³/mol. The summed E-state index contributed by atoms with van der Waals surface area (Å²) in [7, 11) is 0. The van der Waals surface area contributed by atoms with Gasteiger partial charge in [0.25, 0.3) is 0 Å². The number of rotatable bonds is 1. The van der Waals surface area contributed by atoms with Gasteiger partial charge in [0.1, 0.15) is 0 Å². The number of aromatic amines is 1. The highest BCUT2D eigenvalue weighted by Crippen LogP contribution is 2.30. The van der Waals surface area contributed by atoms with Crippen LogP contribution in [0.5, 0.6) is 0 Å². The van der Waals surface area contributed by atoms with Gasteiger partial charge in [-0.1, -0.05) is 41.9 Å². The molecule has 0 saturated heterocycles. The molecule has 0 aliphatic rings. The van der Waals surface area contributed by atoms with Crippen molar-refractivity contribution in [3.8, 4) is 11.1 Å². The van der Waals surface area contributed by atoms with Crippen LogP contribution in [0.1, 0.15) is 0 Å². The maximum atomic E-state index is 6.02. The van der Waals surface area contributed by atoms with Crippen molar-refractivity contribution >= 4 is 22.5 Å². The van der Waals surface area contributed by atoms with Crippen LogP contribution in [-0.4, -0.2) is 9.97 Å². The van der Waals surface area contributed by atoms with Gasteiger partial charge in [0.05, 0.1) is 5.52 Å². The summed E-state index contributed by atoms with van der Waals surface area (Å²) in [6, 6.07) is 12.2. The topological polar surface area (TPSA) is 28.7 Å². The molecule has 2 heterocycles. The summed E-state index contributed by atoms with van der Waals surface area (Å²) in [5.74, 6) is 0. The van der Waals surface area contributed by atoms with Gasteiger partial charge >= 0.3 is 0 Å². The van der Waals surface area contributed by atoms with Crippen molar-refractivity contribution in [2.75, 3.05) is 0 Å². The maximum absolute atomic E-state index is 6.02. The Morgan fingerprint density at radius 1 is 1.06 bits per heavy atom. The number of halogens is 1. The van der Waals surface area contributed by atoms with Crippen molar-refractivity contribution < 1.29 is 0 Å². The highest BCUT2D eigenvalue weighted by Gasteiger charge is 2.07. The van der Waals surface area contributed by atoms with Crippen molar-refractivity contribution in [3.63, 3.8) is 0 Å². The Morgan fingerprint density at radius 3 is 2.69 bits per heavy atom.